The van der Waals surface area contributed by atoms with E-state index in [1.54, 1.807) is 6.92 Å². The highest BCUT2D eigenvalue weighted by Gasteiger charge is 2.37. The Morgan fingerprint density at radius 2 is 1.88 bits per heavy atom. The third-order valence-corrected chi connectivity index (χ3v) is 7.80. The summed E-state index contributed by atoms with van der Waals surface area (Å²) in [6, 6.07) is 4.17. The first-order valence-electron chi connectivity index (χ1n) is 7.89. The molecule has 0 unspecified atom stereocenters. The topological polar surface area (TPSA) is 101 Å². The predicted molar refractivity (Wildman–Crippen MR) is 89.6 cm³/mol. The molecule has 0 bridgehead atoms. The molecule has 2 fully saturated rings. The van der Waals surface area contributed by atoms with Crippen LogP contribution < -0.4 is 9.03 Å². The van der Waals surface area contributed by atoms with Crippen molar-refractivity contribution in [2.75, 3.05) is 10.1 Å². The van der Waals surface area contributed by atoms with E-state index in [1.165, 1.54) is 18.2 Å². The minimum Gasteiger partial charge on any atom is -0.273 e. The maximum Gasteiger partial charge on any atom is 0.242 e. The van der Waals surface area contributed by atoms with E-state index in [0.29, 0.717) is 9.87 Å². The van der Waals surface area contributed by atoms with Crippen LogP contribution in [0.2, 0.25) is 0 Å². The molecular formula is C15H20N2O5S2. The standard InChI is InChI=1S/C15H20N2O5S2/c1-11-6-7-13(17-15(18)8-9-23(17,19)20)10-14(11)24(21,22)16-12-4-2-3-5-12/h6-7,10,12,16H,2-5,8-9H2,1H3. The van der Waals surface area contributed by atoms with Crippen LogP contribution in [0.4, 0.5) is 5.69 Å². The first-order chi connectivity index (χ1) is 11.2. The number of sulfonamides is 2. The van der Waals surface area contributed by atoms with Gasteiger partial charge in [0.05, 0.1) is 16.3 Å². The van der Waals surface area contributed by atoms with Crippen LogP contribution in [0.3, 0.4) is 0 Å². The average molecular weight is 372 g/mol. The van der Waals surface area contributed by atoms with E-state index >= 15 is 0 Å². The van der Waals surface area contributed by atoms with E-state index in [-0.39, 0.29) is 28.8 Å². The minimum atomic E-state index is -3.76. The average Bonchev–Trinajstić information content (AvgIpc) is 3.07. The van der Waals surface area contributed by atoms with Crippen molar-refractivity contribution in [3.05, 3.63) is 23.8 Å². The molecule has 1 aromatic carbocycles. The lowest BCUT2D eigenvalue weighted by Crippen LogP contribution is -2.33. The van der Waals surface area contributed by atoms with Crippen molar-refractivity contribution < 1.29 is 21.6 Å². The van der Waals surface area contributed by atoms with E-state index in [1.807, 2.05) is 0 Å². The molecule has 1 aliphatic carbocycles. The second-order valence-electron chi connectivity index (χ2n) is 6.28. The zero-order chi connectivity index (χ0) is 17.5. The van der Waals surface area contributed by atoms with Crippen LogP contribution in [-0.2, 0) is 24.8 Å². The number of aryl methyl sites for hydroxylation is 1. The van der Waals surface area contributed by atoms with Crippen LogP contribution in [0.25, 0.3) is 0 Å². The van der Waals surface area contributed by atoms with E-state index in [9.17, 15) is 21.6 Å². The summed E-state index contributed by atoms with van der Waals surface area (Å²) < 4.78 is 52.8. The fourth-order valence-corrected chi connectivity index (χ4v) is 6.22. The summed E-state index contributed by atoms with van der Waals surface area (Å²) in [5.74, 6) is -0.784. The number of anilines is 1. The van der Waals surface area contributed by atoms with Gasteiger partial charge in [0.25, 0.3) is 0 Å². The number of rotatable bonds is 4. The number of amides is 1. The van der Waals surface area contributed by atoms with Gasteiger partial charge in [0.15, 0.2) is 0 Å². The Morgan fingerprint density at radius 3 is 2.46 bits per heavy atom. The van der Waals surface area contributed by atoms with Gasteiger partial charge in [0, 0.05) is 12.5 Å². The largest absolute Gasteiger partial charge is 0.273 e. The maximum atomic E-state index is 12.7. The van der Waals surface area contributed by atoms with Crippen LogP contribution in [-0.4, -0.2) is 34.5 Å². The molecule has 1 amide bonds. The number of hydrogen-bond acceptors (Lipinski definition) is 5. The smallest absolute Gasteiger partial charge is 0.242 e. The normalized spacial score (nSPS) is 21.5. The molecule has 0 atom stereocenters. The first kappa shape index (κ1) is 17.4. The van der Waals surface area contributed by atoms with Gasteiger partial charge in [-0.25, -0.2) is 25.9 Å². The summed E-state index contributed by atoms with van der Waals surface area (Å²) in [5, 5.41) is 0. The van der Waals surface area contributed by atoms with Gasteiger partial charge in [-0.3, -0.25) is 4.79 Å². The van der Waals surface area contributed by atoms with Crippen molar-refractivity contribution in [2.45, 2.75) is 50.0 Å². The minimum absolute atomic E-state index is 0.0156. The molecule has 1 saturated heterocycles. The number of nitrogens with zero attached hydrogens (tertiary/aromatic N) is 1. The fourth-order valence-electron chi connectivity index (χ4n) is 3.20. The summed E-state index contributed by atoms with van der Waals surface area (Å²) in [5.41, 5.74) is 0.586. The molecule has 1 aliphatic heterocycles. The number of carbonyl (C=O) groups is 1. The lowest BCUT2D eigenvalue weighted by atomic mass is 10.2. The molecule has 0 spiro atoms. The van der Waals surface area contributed by atoms with Crippen LogP contribution in [0.15, 0.2) is 23.1 Å². The molecule has 1 N–H and O–H groups in total. The highest BCUT2D eigenvalue weighted by Crippen LogP contribution is 2.29. The molecule has 132 valence electrons. The quantitative estimate of drug-likeness (QED) is 0.858. The Hall–Kier alpha value is -1.45. The number of hydrogen-bond donors (Lipinski definition) is 1. The zero-order valence-electron chi connectivity index (χ0n) is 13.4. The molecule has 3 rings (SSSR count). The van der Waals surface area contributed by atoms with Crippen molar-refractivity contribution in [1.82, 2.24) is 4.72 Å². The second-order valence-corrected chi connectivity index (χ2v) is 9.90. The molecule has 24 heavy (non-hydrogen) atoms. The van der Waals surface area contributed by atoms with Gasteiger partial charge in [-0.1, -0.05) is 18.9 Å². The lowest BCUT2D eigenvalue weighted by molar-refractivity contribution is -0.116. The van der Waals surface area contributed by atoms with Crippen LogP contribution in [0, 0.1) is 6.92 Å². The van der Waals surface area contributed by atoms with Crippen molar-refractivity contribution in [2.24, 2.45) is 0 Å². The molecule has 7 nitrogen and oxygen atoms in total. The van der Waals surface area contributed by atoms with Crippen LogP contribution in [0.1, 0.15) is 37.7 Å². The van der Waals surface area contributed by atoms with Gasteiger partial charge in [-0.15, -0.1) is 0 Å². The zero-order valence-corrected chi connectivity index (χ0v) is 15.0. The van der Waals surface area contributed by atoms with Gasteiger partial charge in [0.1, 0.15) is 0 Å². The summed E-state index contributed by atoms with van der Waals surface area (Å²) in [6.45, 7) is 1.65. The fraction of sp³-hybridized carbons (Fsp3) is 0.533. The lowest BCUT2D eigenvalue weighted by Gasteiger charge is -2.18. The summed E-state index contributed by atoms with van der Waals surface area (Å²) in [4.78, 5) is 11.9. The Kier molecular flexibility index (Phi) is 4.43. The van der Waals surface area contributed by atoms with E-state index in [0.717, 1.165) is 25.7 Å². The third-order valence-electron chi connectivity index (χ3n) is 4.45. The van der Waals surface area contributed by atoms with Crippen molar-refractivity contribution in [3.8, 4) is 0 Å². The third kappa shape index (κ3) is 3.20. The second kappa shape index (κ2) is 6.12. The Bertz CT molecular complexity index is 871. The van der Waals surface area contributed by atoms with Crippen molar-refractivity contribution >= 4 is 31.6 Å². The van der Waals surface area contributed by atoms with Gasteiger partial charge in [-0.05, 0) is 37.5 Å². The summed E-state index contributed by atoms with van der Waals surface area (Å²) in [7, 11) is -7.48. The highest BCUT2D eigenvalue weighted by atomic mass is 32.2. The van der Waals surface area contributed by atoms with E-state index in [2.05, 4.69) is 4.72 Å². The highest BCUT2D eigenvalue weighted by molar-refractivity contribution is 7.94. The molecule has 9 heteroatoms. The Morgan fingerprint density at radius 1 is 1.21 bits per heavy atom. The van der Waals surface area contributed by atoms with Crippen molar-refractivity contribution in [3.63, 3.8) is 0 Å². The van der Waals surface area contributed by atoms with Crippen LogP contribution >= 0.6 is 0 Å². The molecule has 1 heterocycles. The van der Waals surface area contributed by atoms with E-state index < -0.39 is 26.0 Å². The Balaban J connectivity index is 1.99. The van der Waals surface area contributed by atoms with E-state index in [4.69, 9.17) is 0 Å². The van der Waals surface area contributed by atoms with Gasteiger partial charge < -0.3 is 0 Å². The Labute approximate surface area is 142 Å². The first-order valence-corrected chi connectivity index (χ1v) is 11.0. The molecule has 2 aliphatic rings. The van der Waals surface area contributed by atoms with Crippen LogP contribution in [0.5, 0.6) is 0 Å². The number of nitrogens with one attached hydrogen (secondary N) is 1. The summed E-state index contributed by atoms with van der Waals surface area (Å²) >= 11 is 0. The van der Waals surface area contributed by atoms with Crippen molar-refractivity contribution in [1.29, 1.82) is 0 Å². The molecule has 1 saturated carbocycles. The SMILES string of the molecule is Cc1ccc(N2C(=O)CCS2(=O)=O)cc1S(=O)(=O)NC1CCCC1. The van der Waals surface area contributed by atoms with Gasteiger partial charge >= 0.3 is 0 Å². The van der Waals surface area contributed by atoms with Gasteiger partial charge in [-0.2, -0.15) is 0 Å². The molecule has 0 aromatic heterocycles. The molecular weight excluding hydrogens is 352 g/mol. The number of benzene rings is 1. The maximum absolute atomic E-state index is 12.7. The predicted octanol–water partition coefficient (Wildman–Crippen LogP) is 1.28. The number of carbonyl (C=O) groups excluding carboxylic acids is 1. The summed E-state index contributed by atoms with van der Waals surface area (Å²) in [6.07, 6.45) is 3.51. The molecule has 1 aromatic rings. The van der Waals surface area contributed by atoms with Gasteiger partial charge in [0.2, 0.25) is 26.0 Å². The monoisotopic (exact) mass is 372 g/mol. The molecule has 0 radical (unpaired) electrons.